The fourth-order valence-corrected chi connectivity index (χ4v) is 2.64. The van der Waals surface area contributed by atoms with Crippen molar-refractivity contribution < 1.29 is 4.79 Å². The minimum absolute atomic E-state index is 0.0315. The van der Waals surface area contributed by atoms with E-state index in [2.05, 4.69) is 34.8 Å². The quantitative estimate of drug-likeness (QED) is 0.784. The highest BCUT2D eigenvalue weighted by atomic mass is 16.1. The van der Waals surface area contributed by atoms with Gasteiger partial charge in [0.25, 0.3) is 0 Å². The van der Waals surface area contributed by atoms with Crippen LogP contribution < -0.4 is 5.32 Å². The van der Waals surface area contributed by atoms with E-state index in [1.165, 1.54) is 0 Å². The van der Waals surface area contributed by atoms with Crippen molar-refractivity contribution in [2.75, 3.05) is 0 Å². The van der Waals surface area contributed by atoms with E-state index in [0.717, 1.165) is 22.2 Å². The molecule has 23 heavy (non-hydrogen) atoms. The molecule has 3 aromatic rings. The summed E-state index contributed by atoms with van der Waals surface area (Å²) in [5.41, 5.74) is 4.18. The van der Waals surface area contributed by atoms with Crippen molar-refractivity contribution >= 4 is 16.9 Å². The van der Waals surface area contributed by atoms with Crippen LogP contribution in [-0.4, -0.2) is 15.5 Å². The highest BCUT2D eigenvalue weighted by Crippen LogP contribution is 2.18. The number of benzene rings is 2. The smallest absolute Gasteiger partial charge is 0.224 e. The molecular formula is C19H21N3O. The molecule has 4 heteroatoms. The predicted octanol–water partition coefficient (Wildman–Crippen LogP) is 3.48. The molecule has 0 spiro atoms. The van der Waals surface area contributed by atoms with Gasteiger partial charge in [-0.1, -0.05) is 36.4 Å². The van der Waals surface area contributed by atoms with Gasteiger partial charge in [-0.15, -0.1) is 0 Å². The van der Waals surface area contributed by atoms with Gasteiger partial charge in [0.05, 0.1) is 23.8 Å². The number of hydrogen-bond acceptors (Lipinski definition) is 2. The van der Waals surface area contributed by atoms with Crippen molar-refractivity contribution in [3.8, 4) is 0 Å². The Kier molecular flexibility index (Phi) is 4.42. The average molecular weight is 307 g/mol. The van der Waals surface area contributed by atoms with Crippen LogP contribution in [0.5, 0.6) is 0 Å². The summed E-state index contributed by atoms with van der Waals surface area (Å²) in [5, 5.41) is 2.97. The molecule has 1 amide bonds. The minimum atomic E-state index is 0.0315. The Bertz CT molecular complexity index is 806. The molecule has 1 heterocycles. The number of carbonyl (C=O) groups is 1. The van der Waals surface area contributed by atoms with Crippen LogP contribution in [0.1, 0.15) is 31.0 Å². The molecule has 0 bridgehead atoms. The van der Waals surface area contributed by atoms with E-state index >= 15 is 0 Å². The van der Waals surface area contributed by atoms with Gasteiger partial charge >= 0.3 is 0 Å². The molecule has 0 atom stereocenters. The zero-order valence-corrected chi connectivity index (χ0v) is 13.5. The first-order valence-corrected chi connectivity index (χ1v) is 7.89. The molecule has 118 valence electrons. The lowest BCUT2D eigenvalue weighted by atomic mass is 10.1. The van der Waals surface area contributed by atoms with Crippen LogP contribution >= 0.6 is 0 Å². The average Bonchev–Trinajstić information content (AvgIpc) is 2.97. The number of aromatic nitrogens is 2. The molecule has 1 aromatic heterocycles. The standard InChI is InChI=1S/C19H21N3O/c1-14(2)22-13-21-17-10-16(8-9-18(17)22)12-20-19(23)11-15-6-4-3-5-7-15/h3-10,13-14H,11-12H2,1-2H3,(H,20,23). The Morgan fingerprint density at radius 1 is 1.13 bits per heavy atom. The molecular weight excluding hydrogens is 286 g/mol. The second-order valence-corrected chi connectivity index (χ2v) is 6.01. The maximum atomic E-state index is 12.0. The molecule has 0 aliphatic carbocycles. The maximum Gasteiger partial charge on any atom is 0.224 e. The minimum Gasteiger partial charge on any atom is -0.352 e. The first kappa shape index (κ1) is 15.3. The number of carbonyl (C=O) groups excluding carboxylic acids is 1. The summed E-state index contributed by atoms with van der Waals surface area (Å²) in [5.74, 6) is 0.0315. The first-order valence-electron chi connectivity index (χ1n) is 7.89. The van der Waals surface area contributed by atoms with E-state index < -0.39 is 0 Å². The highest BCUT2D eigenvalue weighted by molar-refractivity contribution is 5.79. The van der Waals surface area contributed by atoms with Crippen molar-refractivity contribution in [1.29, 1.82) is 0 Å². The zero-order valence-electron chi connectivity index (χ0n) is 13.5. The van der Waals surface area contributed by atoms with Crippen molar-refractivity contribution in [3.05, 3.63) is 66.0 Å². The lowest BCUT2D eigenvalue weighted by molar-refractivity contribution is -0.120. The van der Waals surface area contributed by atoms with Crippen LogP contribution in [0.15, 0.2) is 54.9 Å². The molecule has 0 saturated carbocycles. The number of nitrogens with one attached hydrogen (secondary N) is 1. The monoisotopic (exact) mass is 307 g/mol. The molecule has 0 radical (unpaired) electrons. The summed E-state index contributed by atoms with van der Waals surface area (Å²) in [6, 6.07) is 16.3. The lowest BCUT2D eigenvalue weighted by Crippen LogP contribution is -2.24. The number of rotatable bonds is 5. The van der Waals surface area contributed by atoms with Gasteiger partial charge in [-0.2, -0.15) is 0 Å². The summed E-state index contributed by atoms with van der Waals surface area (Å²) in [4.78, 5) is 16.5. The van der Waals surface area contributed by atoms with Crippen LogP contribution in [0.3, 0.4) is 0 Å². The zero-order chi connectivity index (χ0) is 16.2. The van der Waals surface area contributed by atoms with Crippen molar-refractivity contribution in [2.24, 2.45) is 0 Å². The number of amides is 1. The van der Waals surface area contributed by atoms with Crippen LogP contribution in [0.25, 0.3) is 11.0 Å². The highest BCUT2D eigenvalue weighted by Gasteiger charge is 2.07. The van der Waals surface area contributed by atoms with Gasteiger partial charge in [-0.05, 0) is 37.1 Å². The molecule has 3 rings (SSSR count). The molecule has 0 aliphatic heterocycles. The van der Waals surface area contributed by atoms with E-state index in [4.69, 9.17) is 0 Å². The van der Waals surface area contributed by atoms with E-state index in [9.17, 15) is 4.79 Å². The number of fused-ring (bicyclic) bond motifs is 1. The fraction of sp³-hybridized carbons (Fsp3) is 0.263. The SMILES string of the molecule is CC(C)n1cnc2cc(CNC(=O)Cc3ccccc3)ccc21. The number of nitrogens with zero attached hydrogens (tertiary/aromatic N) is 2. The summed E-state index contributed by atoms with van der Waals surface area (Å²) in [6.45, 7) is 4.80. The molecule has 1 N–H and O–H groups in total. The Balaban J connectivity index is 1.64. The third kappa shape index (κ3) is 3.59. The van der Waals surface area contributed by atoms with Gasteiger partial charge in [-0.3, -0.25) is 4.79 Å². The topological polar surface area (TPSA) is 46.9 Å². The molecule has 0 fully saturated rings. The van der Waals surface area contributed by atoms with Gasteiger partial charge in [-0.25, -0.2) is 4.98 Å². The van der Waals surface area contributed by atoms with Gasteiger partial charge < -0.3 is 9.88 Å². The van der Waals surface area contributed by atoms with Crippen LogP contribution in [0.2, 0.25) is 0 Å². The number of hydrogen-bond donors (Lipinski definition) is 1. The molecule has 2 aromatic carbocycles. The van der Waals surface area contributed by atoms with Crippen LogP contribution in [0, 0.1) is 0 Å². The Hall–Kier alpha value is -2.62. The Morgan fingerprint density at radius 3 is 2.65 bits per heavy atom. The number of imidazole rings is 1. The molecule has 0 aliphatic rings. The Morgan fingerprint density at radius 2 is 1.91 bits per heavy atom. The predicted molar refractivity (Wildman–Crippen MR) is 92.1 cm³/mol. The lowest BCUT2D eigenvalue weighted by Gasteiger charge is -2.09. The normalized spacial score (nSPS) is 11.1. The van der Waals surface area contributed by atoms with Gasteiger partial charge in [0, 0.05) is 12.6 Å². The third-order valence-corrected chi connectivity index (χ3v) is 3.89. The molecule has 0 saturated heterocycles. The molecule has 0 unspecified atom stereocenters. The largest absolute Gasteiger partial charge is 0.352 e. The van der Waals surface area contributed by atoms with Gasteiger partial charge in [0.15, 0.2) is 0 Å². The van der Waals surface area contributed by atoms with E-state index in [-0.39, 0.29) is 5.91 Å². The van der Waals surface area contributed by atoms with Crippen LogP contribution in [0.4, 0.5) is 0 Å². The van der Waals surface area contributed by atoms with E-state index in [0.29, 0.717) is 19.0 Å². The Labute approximate surface area is 136 Å². The summed E-state index contributed by atoms with van der Waals surface area (Å²) >= 11 is 0. The van der Waals surface area contributed by atoms with Gasteiger partial charge in [0.1, 0.15) is 0 Å². The van der Waals surface area contributed by atoms with E-state index in [1.807, 2.05) is 48.8 Å². The van der Waals surface area contributed by atoms with Crippen molar-refractivity contribution in [3.63, 3.8) is 0 Å². The van der Waals surface area contributed by atoms with Gasteiger partial charge in [0.2, 0.25) is 5.91 Å². The second kappa shape index (κ2) is 6.65. The maximum absolute atomic E-state index is 12.0. The first-order chi connectivity index (χ1) is 11.1. The third-order valence-electron chi connectivity index (χ3n) is 3.89. The summed E-state index contributed by atoms with van der Waals surface area (Å²) in [7, 11) is 0. The summed E-state index contributed by atoms with van der Waals surface area (Å²) in [6.07, 6.45) is 2.28. The second-order valence-electron chi connectivity index (χ2n) is 6.01. The van der Waals surface area contributed by atoms with E-state index in [1.54, 1.807) is 0 Å². The van der Waals surface area contributed by atoms with Crippen molar-refractivity contribution in [2.45, 2.75) is 32.9 Å². The summed E-state index contributed by atoms with van der Waals surface area (Å²) < 4.78 is 2.15. The van der Waals surface area contributed by atoms with Crippen LogP contribution in [-0.2, 0) is 17.8 Å². The van der Waals surface area contributed by atoms with Crippen molar-refractivity contribution in [1.82, 2.24) is 14.9 Å². The molecule has 4 nitrogen and oxygen atoms in total. The fourth-order valence-electron chi connectivity index (χ4n) is 2.64.